The first-order chi connectivity index (χ1) is 22.2. The zero-order valence-electron chi connectivity index (χ0n) is 26.8. The lowest BCUT2D eigenvalue weighted by Crippen LogP contribution is -2.62. The van der Waals surface area contributed by atoms with Crippen LogP contribution in [0.1, 0.15) is 61.8 Å². The molecule has 3 heterocycles. The maximum Gasteiger partial charge on any atom is 0.178 e. The number of benzene rings is 2. The van der Waals surface area contributed by atoms with Crippen LogP contribution in [0, 0.1) is 29.0 Å². The number of anilines is 2. The molecule has 0 atom stereocenters. The van der Waals surface area contributed by atoms with Gasteiger partial charge in [-0.15, -0.1) is 11.3 Å². The summed E-state index contributed by atoms with van der Waals surface area (Å²) < 4.78 is 50.6. The van der Waals surface area contributed by atoms with Crippen molar-refractivity contribution in [1.29, 1.82) is 0 Å². The number of rotatable bonds is 9. The minimum atomic E-state index is -3.71. The van der Waals surface area contributed by atoms with E-state index in [0.29, 0.717) is 17.1 Å². The number of ether oxygens (including phenoxy) is 2. The van der Waals surface area contributed by atoms with Crippen LogP contribution in [0.3, 0.4) is 0 Å². The monoisotopic (exact) mass is 665 g/mol. The highest BCUT2D eigenvalue weighted by atomic mass is 32.2. The molecule has 10 heteroatoms. The fraction of sp³-hybridized carbons (Fsp3) is 0.556. The van der Waals surface area contributed by atoms with Crippen LogP contribution in [0.5, 0.6) is 5.75 Å². The Balaban J connectivity index is 1.03. The van der Waals surface area contributed by atoms with Gasteiger partial charge in [-0.3, -0.25) is 4.90 Å². The summed E-state index contributed by atoms with van der Waals surface area (Å²) >= 11 is 1.77. The van der Waals surface area contributed by atoms with Crippen molar-refractivity contribution < 1.29 is 22.3 Å². The maximum atomic E-state index is 14.6. The second kappa shape index (κ2) is 13.0. The summed E-state index contributed by atoms with van der Waals surface area (Å²) in [5.74, 6) is 6.82. The summed E-state index contributed by atoms with van der Waals surface area (Å²) in [6, 6.07) is 10.2. The van der Waals surface area contributed by atoms with Crippen molar-refractivity contribution in [2.24, 2.45) is 11.3 Å². The molecule has 0 amide bonds. The maximum absolute atomic E-state index is 14.6. The quantitative estimate of drug-likeness (QED) is 0.246. The van der Waals surface area contributed by atoms with Crippen molar-refractivity contribution >= 4 is 42.6 Å². The van der Waals surface area contributed by atoms with Gasteiger partial charge in [0, 0.05) is 62.2 Å². The molecule has 7 nitrogen and oxygen atoms in total. The van der Waals surface area contributed by atoms with Gasteiger partial charge in [0.25, 0.3) is 0 Å². The van der Waals surface area contributed by atoms with Gasteiger partial charge in [0.05, 0.1) is 34.6 Å². The fourth-order valence-electron chi connectivity index (χ4n) is 7.59. The molecular formula is C36H44FN3O4S2. The van der Waals surface area contributed by atoms with Crippen LogP contribution in [0.15, 0.2) is 35.2 Å². The van der Waals surface area contributed by atoms with E-state index >= 15 is 0 Å². The van der Waals surface area contributed by atoms with Gasteiger partial charge < -0.3 is 20.1 Å². The largest absolute Gasteiger partial charge is 0.495 e. The Bertz CT molecular complexity index is 1750. The average Bonchev–Trinajstić information content (AvgIpc) is 3.78. The Morgan fingerprint density at radius 1 is 1.09 bits per heavy atom. The third kappa shape index (κ3) is 6.75. The van der Waals surface area contributed by atoms with E-state index in [9.17, 15) is 12.8 Å². The first kappa shape index (κ1) is 31.7. The number of hydrogen-bond donors (Lipinski definition) is 2. The van der Waals surface area contributed by atoms with Crippen molar-refractivity contribution in [2.45, 2.75) is 74.8 Å². The SMILES string of the molecule is COc1cc(S(C)(=O)=O)c(F)cc1NCC#Cc1sc2c(NC3CCC(N4CC5(CCOCC5)C4)CC3)cccc2c1CC1CC1. The van der Waals surface area contributed by atoms with E-state index in [4.69, 9.17) is 9.47 Å². The number of nitrogens with one attached hydrogen (secondary N) is 2. The second-order valence-electron chi connectivity index (χ2n) is 13.8. The van der Waals surface area contributed by atoms with Crippen LogP contribution >= 0.6 is 11.3 Å². The lowest BCUT2D eigenvalue weighted by Gasteiger charge is -2.56. The van der Waals surface area contributed by atoms with Crippen LogP contribution in [0.25, 0.3) is 10.1 Å². The summed E-state index contributed by atoms with van der Waals surface area (Å²) in [7, 11) is -2.28. The molecule has 0 bridgehead atoms. The summed E-state index contributed by atoms with van der Waals surface area (Å²) in [6.45, 7) is 4.66. The Labute approximate surface area is 276 Å². The van der Waals surface area contributed by atoms with Gasteiger partial charge in [-0.25, -0.2) is 12.8 Å². The molecule has 246 valence electrons. The molecule has 2 N–H and O–H groups in total. The van der Waals surface area contributed by atoms with Gasteiger partial charge in [-0.1, -0.05) is 24.0 Å². The van der Waals surface area contributed by atoms with Crippen molar-refractivity contribution in [3.8, 4) is 17.6 Å². The molecule has 2 aliphatic carbocycles. The number of sulfone groups is 1. The number of fused-ring (bicyclic) bond motifs is 1. The molecule has 2 saturated carbocycles. The lowest BCUT2D eigenvalue weighted by atomic mass is 9.71. The van der Waals surface area contributed by atoms with Gasteiger partial charge in [0.2, 0.25) is 0 Å². The number of thiophene rings is 1. The smallest absolute Gasteiger partial charge is 0.178 e. The molecule has 4 aliphatic rings. The lowest BCUT2D eigenvalue weighted by molar-refractivity contribution is -0.102. The van der Waals surface area contributed by atoms with E-state index in [-0.39, 0.29) is 17.2 Å². The van der Waals surface area contributed by atoms with Crippen LogP contribution in [-0.2, 0) is 21.0 Å². The molecule has 7 rings (SSSR count). The predicted octanol–water partition coefficient (Wildman–Crippen LogP) is 6.70. The Kier molecular flexibility index (Phi) is 8.96. The van der Waals surface area contributed by atoms with Crippen LogP contribution in [0.2, 0.25) is 0 Å². The van der Waals surface area contributed by atoms with Crippen molar-refractivity contribution in [3.05, 3.63) is 46.6 Å². The van der Waals surface area contributed by atoms with E-state index in [2.05, 4.69) is 45.6 Å². The highest BCUT2D eigenvalue weighted by Gasteiger charge is 2.46. The number of methoxy groups -OCH3 is 1. The van der Waals surface area contributed by atoms with Gasteiger partial charge in [-0.2, -0.15) is 0 Å². The standard InChI is InChI=1S/C36H44FN3O4S2/c1-43-32-21-34(46(2,41)42)29(37)20-31(32)38-16-4-7-33-28(19-24-8-9-24)27-5-3-6-30(35(27)45-33)39-25-10-12-26(13-11-25)40-22-36(23-40)14-17-44-18-15-36/h3,5-6,20-21,24-26,38-39H,8-19,22-23H2,1-2H3. The average molecular weight is 666 g/mol. The van der Waals surface area contributed by atoms with E-state index in [1.807, 2.05) is 0 Å². The molecule has 1 aromatic heterocycles. The zero-order chi connectivity index (χ0) is 31.9. The van der Waals surface area contributed by atoms with Crippen molar-refractivity contribution in [3.63, 3.8) is 0 Å². The van der Waals surface area contributed by atoms with Gasteiger partial charge in [0.15, 0.2) is 9.84 Å². The Morgan fingerprint density at radius 3 is 2.54 bits per heavy atom. The minimum Gasteiger partial charge on any atom is -0.495 e. The summed E-state index contributed by atoms with van der Waals surface area (Å²) in [5.41, 5.74) is 3.45. The van der Waals surface area contributed by atoms with Crippen molar-refractivity contribution in [2.75, 3.05) is 56.8 Å². The molecule has 46 heavy (non-hydrogen) atoms. The highest BCUT2D eigenvalue weighted by Crippen LogP contribution is 2.44. The summed E-state index contributed by atoms with van der Waals surface area (Å²) in [6.07, 6.45) is 11.9. The van der Waals surface area contributed by atoms with E-state index in [1.54, 1.807) is 11.3 Å². The van der Waals surface area contributed by atoms with Gasteiger partial charge >= 0.3 is 0 Å². The third-order valence-corrected chi connectivity index (χ3v) is 12.7. The molecule has 2 saturated heterocycles. The number of likely N-dealkylation sites (tertiary alicyclic amines) is 1. The Hall–Kier alpha value is -2.84. The number of hydrogen-bond acceptors (Lipinski definition) is 8. The molecule has 2 aromatic carbocycles. The molecule has 2 aliphatic heterocycles. The van der Waals surface area contributed by atoms with Crippen LogP contribution in [-0.4, -0.2) is 71.6 Å². The Morgan fingerprint density at radius 2 is 1.85 bits per heavy atom. The predicted molar refractivity (Wildman–Crippen MR) is 183 cm³/mol. The van der Waals surface area contributed by atoms with Crippen LogP contribution < -0.4 is 15.4 Å². The second-order valence-corrected chi connectivity index (χ2v) is 16.8. The van der Waals surface area contributed by atoms with E-state index in [0.717, 1.165) is 48.8 Å². The molecule has 0 unspecified atom stereocenters. The third-order valence-electron chi connectivity index (χ3n) is 10.4. The topological polar surface area (TPSA) is 79.9 Å². The van der Waals surface area contributed by atoms with E-state index in [1.165, 1.54) is 99.0 Å². The molecule has 4 fully saturated rings. The number of halogens is 1. The molecule has 0 radical (unpaired) electrons. The van der Waals surface area contributed by atoms with Crippen molar-refractivity contribution in [1.82, 2.24) is 4.90 Å². The summed E-state index contributed by atoms with van der Waals surface area (Å²) in [4.78, 5) is 3.45. The normalized spacial score (nSPS) is 23.0. The van der Waals surface area contributed by atoms with E-state index < -0.39 is 15.7 Å². The molecule has 1 spiro atoms. The number of nitrogens with zero attached hydrogens (tertiary/aromatic N) is 1. The highest BCUT2D eigenvalue weighted by molar-refractivity contribution is 7.90. The molecular weight excluding hydrogens is 622 g/mol. The van der Waals surface area contributed by atoms with Gasteiger partial charge in [-0.05, 0) is 80.7 Å². The van der Waals surface area contributed by atoms with Crippen LogP contribution in [0.4, 0.5) is 15.8 Å². The zero-order valence-corrected chi connectivity index (χ0v) is 28.4. The summed E-state index contributed by atoms with van der Waals surface area (Å²) in [5, 5.41) is 8.34. The first-order valence-electron chi connectivity index (χ1n) is 16.6. The first-order valence-corrected chi connectivity index (χ1v) is 19.4. The van der Waals surface area contributed by atoms with Gasteiger partial charge in [0.1, 0.15) is 16.5 Å². The fourth-order valence-corrected chi connectivity index (χ4v) is 9.50. The minimum absolute atomic E-state index is 0.262. The molecule has 3 aromatic rings.